The van der Waals surface area contributed by atoms with Crippen molar-refractivity contribution in [3.8, 4) is 5.75 Å². The Kier molecular flexibility index (Phi) is 3.52. The lowest BCUT2D eigenvalue weighted by molar-refractivity contribution is 0.0663. The zero-order valence-corrected chi connectivity index (χ0v) is 10.1. The fourth-order valence-electron chi connectivity index (χ4n) is 1.55. The maximum Gasteiger partial charge on any atom is 0.371 e. The number of aliphatic hydroxyl groups excluding tert-OH is 1. The lowest BCUT2D eigenvalue weighted by Crippen LogP contribution is -2.13. The SMILES string of the molecule is CC(O)COc1ccc2c(=O)cc(C(=O)O)oc2c1. The first-order valence-corrected chi connectivity index (χ1v) is 5.59. The highest BCUT2D eigenvalue weighted by Gasteiger charge is 2.11. The number of ether oxygens (including phenoxy) is 1. The summed E-state index contributed by atoms with van der Waals surface area (Å²) < 4.78 is 10.4. The molecule has 0 aliphatic heterocycles. The Labute approximate surface area is 107 Å². The summed E-state index contributed by atoms with van der Waals surface area (Å²) in [6.07, 6.45) is -0.631. The lowest BCUT2D eigenvalue weighted by Gasteiger charge is -2.08. The summed E-state index contributed by atoms with van der Waals surface area (Å²) >= 11 is 0. The van der Waals surface area contributed by atoms with Crippen LogP contribution >= 0.6 is 0 Å². The van der Waals surface area contributed by atoms with E-state index in [-0.39, 0.29) is 17.6 Å². The molecule has 2 aromatic rings. The second-order valence-electron chi connectivity index (χ2n) is 4.10. The first-order valence-electron chi connectivity index (χ1n) is 5.59. The van der Waals surface area contributed by atoms with Gasteiger partial charge in [0, 0.05) is 12.1 Å². The highest BCUT2D eigenvalue weighted by Crippen LogP contribution is 2.20. The molecule has 19 heavy (non-hydrogen) atoms. The minimum atomic E-state index is -1.31. The topological polar surface area (TPSA) is 97.0 Å². The monoisotopic (exact) mass is 264 g/mol. The zero-order valence-electron chi connectivity index (χ0n) is 10.1. The van der Waals surface area contributed by atoms with Gasteiger partial charge in [-0.1, -0.05) is 0 Å². The summed E-state index contributed by atoms with van der Waals surface area (Å²) in [4.78, 5) is 22.5. The molecule has 0 bridgehead atoms. The zero-order chi connectivity index (χ0) is 14.0. The van der Waals surface area contributed by atoms with E-state index in [4.69, 9.17) is 19.4 Å². The van der Waals surface area contributed by atoms with Crippen LogP contribution in [0.1, 0.15) is 17.5 Å². The molecule has 0 spiro atoms. The van der Waals surface area contributed by atoms with Crippen LogP contribution in [0.3, 0.4) is 0 Å². The van der Waals surface area contributed by atoms with Gasteiger partial charge >= 0.3 is 5.97 Å². The molecule has 1 aromatic carbocycles. The summed E-state index contributed by atoms with van der Waals surface area (Å²) in [6, 6.07) is 5.40. The number of carboxylic acid groups (broad SMARTS) is 1. The van der Waals surface area contributed by atoms with Crippen LogP contribution < -0.4 is 10.2 Å². The van der Waals surface area contributed by atoms with Crippen molar-refractivity contribution in [3.05, 3.63) is 40.2 Å². The minimum absolute atomic E-state index is 0.0916. The number of rotatable bonds is 4. The minimum Gasteiger partial charge on any atom is -0.491 e. The van der Waals surface area contributed by atoms with Crippen molar-refractivity contribution in [2.24, 2.45) is 0 Å². The number of aliphatic hydroxyl groups is 1. The largest absolute Gasteiger partial charge is 0.491 e. The number of fused-ring (bicyclic) bond motifs is 1. The van der Waals surface area contributed by atoms with E-state index >= 15 is 0 Å². The molecule has 0 saturated carbocycles. The van der Waals surface area contributed by atoms with Crippen LogP contribution in [0.4, 0.5) is 0 Å². The van der Waals surface area contributed by atoms with Gasteiger partial charge in [-0.25, -0.2) is 4.79 Å². The summed E-state index contributed by atoms with van der Waals surface area (Å²) in [7, 11) is 0. The fourth-order valence-corrected chi connectivity index (χ4v) is 1.55. The maximum atomic E-state index is 11.7. The van der Waals surface area contributed by atoms with E-state index in [2.05, 4.69) is 0 Å². The van der Waals surface area contributed by atoms with Crippen LogP contribution in [0.15, 0.2) is 33.5 Å². The Morgan fingerprint density at radius 2 is 2.16 bits per heavy atom. The molecule has 0 aliphatic carbocycles. The number of benzene rings is 1. The van der Waals surface area contributed by atoms with Crippen molar-refractivity contribution in [3.63, 3.8) is 0 Å². The van der Waals surface area contributed by atoms with Gasteiger partial charge in [0.2, 0.25) is 5.76 Å². The van der Waals surface area contributed by atoms with Crippen LogP contribution in [0, 0.1) is 0 Å². The van der Waals surface area contributed by atoms with Crippen LogP contribution in [-0.4, -0.2) is 28.9 Å². The van der Waals surface area contributed by atoms with Gasteiger partial charge in [0.1, 0.15) is 17.9 Å². The highest BCUT2D eigenvalue weighted by molar-refractivity contribution is 5.87. The fraction of sp³-hybridized carbons (Fsp3) is 0.231. The predicted octanol–water partition coefficient (Wildman–Crippen LogP) is 1.25. The summed E-state index contributed by atoms with van der Waals surface area (Å²) in [5.41, 5.74) is -0.297. The van der Waals surface area contributed by atoms with Gasteiger partial charge in [-0.05, 0) is 19.1 Å². The van der Waals surface area contributed by atoms with E-state index in [1.807, 2.05) is 0 Å². The normalized spacial score (nSPS) is 12.3. The third-order valence-corrected chi connectivity index (χ3v) is 2.40. The molecule has 0 aliphatic rings. The average molecular weight is 264 g/mol. The van der Waals surface area contributed by atoms with Crippen LogP contribution in [0.25, 0.3) is 11.0 Å². The van der Waals surface area contributed by atoms with Crippen molar-refractivity contribution in [2.45, 2.75) is 13.0 Å². The first kappa shape index (κ1) is 13.1. The van der Waals surface area contributed by atoms with Gasteiger partial charge in [0.15, 0.2) is 5.43 Å². The molecule has 1 aromatic heterocycles. The molecule has 1 unspecified atom stereocenters. The maximum absolute atomic E-state index is 11.7. The number of hydrogen-bond acceptors (Lipinski definition) is 5. The van der Waals surface area contributed by atoms with Gasteiger partial charge in [0.05, 0.1) is 11.5 Å². The summed E-state index contributed by atoms with van der Waals surface area (Å²) in [5.74, 6) is -1.35. The first-order chi connectivity index (χ1) is 8.97. The van der Waals surface area contributed by atoms with Gasteiger partial charge < -0.3 is 19.4 Å². The van der Waals surface area contributed by atoms with E-state index in [1.54, 1.807) is 13.0 Å². The second kappa shape index (κ2) is 5.11. The van der Waals surface area contributed by atoms with Crippen molar-refractivity contribution < 1.29 is 24.2 Å². The lowest BCUT2D eigenvalue weighted by atomic mass is 10.2. The predicted molar refractivity (Wildman–Crippen MR) is 66.6 cm³/mol. The molecule has 0 amide bonds. The third kappa shape index (κ3) is 2.92. The molecule has 1 atom stereocenters. The molecule has 6 heteroatoms. The van der Waals surface area contributed by atoms with Gasteiger partial charge in [-0.2, -0.15) is 0 Å². The third-order valence-electron chi connectivity index (χ3n) is 2.40. The molecular weight excluding hydrogens is 252 g/mol. The van der Waals surface area contributed by atoms with E-state index in [0.29, 0.717) is 5.75 Å². The number of hydrogen-bond donors (Lipinski definition) is 2. The number of carbonyl (C=O) groups is 1. The smallest absolute Gasteiger partial charge is 0.371 e. The van der Waals surface area contributed by atoms with Gasteiger partial charge in [0.25, 0.3) is 0 Å². The van der Waals surface area contributed by atoms with Crippen molar-refractivity contribution in [1.82, 2.24) is 0 Å². The van der Waals surface area contributed by atoms with Crippen LogP contribution in [0.5, 0.6) is 5.75 Å². The number of carboxylic acids is 1. The molecule has 2 rings (SSSR count). The molecule has 100 valence electrons. The van der Waals surface area contributed by atoms with Crippen molar-refractivity contribution in [1.29, 1.82) is 0 Å². The Hall–Kier alpha value is -2.34. The van der Waals surface area contributed by atoms with Crippen molar-refractivity contribution in [2.75, 3.05) is 6.61 Å². The standard InChI is InChI=1S/C13H12O6/c1-7(14)6-18-8-2-3-9-10(15)5-12(13(16)17)19-11(9)4-8/h2-5,7,14H,6H2,1H3,(H,16,17). The Bertz CT molecular complexity index is 670. The molecular formula is C13H12O6. The van der Waals surface area contributed by atoms with Gasteiger partial charge in [-0.3, -0.25) is 4.79 Å². The van der Waals surface area contributed by atoms with E-state index in [9.17, 15) is 9.59 Å². The van der Waals surface area contributed by atoms with E-state index < -0.39 is 23.3 Å². The van der Waals surface area contributed by atoms with Crippen LogP contribution in [0.2, 0.25) is 0 Å². The quantitative estimate of drug-likeness (QED) is 0.862. The Balaban J connectivity index is 2.46. The van der Waals surface area contributed by atoms with E-state index in [1.165, 1.54) is 12.1 Å². The molecule has 6 nitrogen and oxygen atoms in total. The number of aromatic carboxylic acids is 1. The van der Waals surface area contributed by atoms with E-state index in [0.717, 1.165) is 6.07 Å². The molecule has 0 fully saturated rings. The Morgan fingerprint density at radius 1 is 1.42 bits per heavy atom. The Morgan fingerprint density at radius 3 is 2.79 bits per heavy atom. The van der Waals surface area contributed by atoms with Crippen molar-refractivity contribution >= 4 is 16.9 Å². The molecule has 2 N–H and O–H groups in total. The summed E-state index contributed by atoms with van der Waals surface area (Å²) in [5, 5.41) is 18.2. The second-order valence-corrected chi connectivity index (χ2v) is 4.10. The summed E-state index contributed by atoms with van der Waals surface area (Å²) in [6.45, 7) is 1.66. The van der Waals surface area contributed by atoms with Crippen LogP contribution in [-0.2, 0) is 0 Å². The molecule has 0 radical (unpaired) electrons. The van der Waals surface area contributed by atoms with Gasteiger partial charge in [-0.15, -0.1) is 0 Å². The molecule has 1 heterocycles. The average Bonchev–Trinajstić information content (AvgIpc) is 2.35. The molecule has 0 saturated heterocycles. The highest BCUT2D eigenvalue weighted by atomic mass is 16.5.